The largest absolute Gasteiger partial charge is 0.494 e. The van der Waals surface area contributed by atoms with Gasteiger partial charge in [-0.05, 0) is 48.7 Å². The van der Waals surface area contributed by atoms with Crippen LogP contribution in [-0.2, 0) is 18.8 Å². The minimum absolute atomic E-state index is 0.0269. The molecule has 0 saturated carbocycles. The molecular weight excluding hydrogens is 426 g/mol. The Kier molecular flexibility index (Phi) is 6.19. The van der Waals surface area contributed by atoms with Gasteiger partial charge in [-0.3, -0.25) is 0 Å². The Labute approximate surface area is 172 Å². The Balaban J connectivity index is 1.69. The number of ether oxygens (including phenoxy) is 1. The molecule has 1 N–H and O–H groups in total. The molecule has 0 radical (unpaired) electrons. The van der Waals surface area contributed by atoms with Crippen LogP contribution in [0.1, 0.15) is 28.8 Å². The van der Waals surface area contributed by atoms with Crippen LogP contribution in [0.4, 0.5) is 26.3 Å². The van der Waals surface area contributed by atoms with Crippen LogP contribution in [0.25, 0.3) is 11.3 Å². The van der Waals surface area contributed by atoms with Gasteiger partial charge in [0.1, 0.15) is 17.5 Å². The van der Waals surface area contributed by atoms with E-state index in [2.05, 4.69) is 15.4 Å². The second kappa shape index (κ2) is 8.67. The maximum Gasteiger partial charge on any atom is 0.416 e. The van der Waals surface area contributed by atoms with Crippen molar-refractivity contribution in [1.82, 2.24) is 15.4 Å². The standard InChI is InChI=1S/C20H14F6N4O/c21-19(22,23)14-6-7-16(20(24,25)26)12(9-14)4-2-8-31-15-5-1-3-13(10-15)18-17(11-27)28-30-29-18/h1,3,5-7,9-10H,2,4,8H2,(H,28,29,30). The molecule has 0 bridgehead atoms. The minimum Gasteiger partial charge on any atom is -0.494 e. The molecule has 5 nitrogen and oxygen atoms in total. The molecule has 0 saturated heterocycles. The molecule has 162 valence electrons. The molecule has 1 aromatic heterocycles. The van der Waals surface area contributed by atoms with Crippen LogP contribution in [0.3, 0.4) is 0 Å². The predicted molar refractivity (Wildman–Crippen MR) is 96.8 cm³/mol. The molecule has 0 aliphatic heterocycles. The molecule has 0 amide bonds. The first-order chi connectivity index (χ1) is 14.6. The zero-order valence-electron chi connectivity index (χ0n) is 15.7. The van der Waals surface area contributed by atoms with Crippen LogP contribution in [0.5, 0.6) is 5.75 Å². The van der Waals surface area contributed by atoms with Crippen LogP contribution >= 0.6 is 0 Å². The summed E-state index contributed by atoms with van der Waals surface area (Å²) in [5.74, 6) is 0.365. The molecule has 0 spiro atoms. The molecule has 3 rings (SSSR count). The van der Waals surface area contributed by atoms with Gasteiger partial charge in [0.25, 0.3) is 0 Å². The summed E-state index contributed by atoms with van der Waals surface area (Å²) in [5.41, 5.74) is -1.67. The van der Waals surface area contributed by atoms with Crippen molar-refractivity contribution in [3.63, 3.8) is 0 Å². The number of aromatic nitrogens is 3. The van der Waals surface area contributed by atoms with Gasteiger partial charge in [0, 0.05) is 5.56 Å². The molecule has 31 heavy (non-hydrogen) atoms. The number of benzene rings is 2. The first-order valence-electron chi connectivity index (χ1n) is 8.91. The monoisotopic (exact) mass is 440 g/mol. The zero-order chi connectivity index (χ0) is 22.6. The lowest BCUT2D eigenvalue weighted by molar-refractivity contribution is -0.141. The van der Waals surface area contributed by atoms with Gasteiger partial charge in [-0.15, -0.1) is 5.10 Å². The van der Waals surface area contributed by atoms with Gasteiger partial charge in [-0.2, -0.15) is 31.6 Å². The normalized spacial score (nSPS) is 11.9. The number of hydrogen-bond acceptors (Lipinski definition) is 4. The third-order valence-electron chi connectivity index (χ3n) is 4.37. The zero-order valence-corrected chi connectivity index (χ0v) is 15.7. The van der Waals surface area contributed by atoms with Crippen LogP contribution in [0.2, 0.25) is 0 Å². The van der Waals surface area contributed by atoms with E-state index in [1.165, 1.54) is 0 Å². The number of nitriles is 1. The number of nitrogens with one attached hydrogen (secondary N) is 1. The third kappa shape index (κ3) is 5.33. The lowest BCUT2D eigenvalue weighted by Gasteiger charge is -2.16. The number of nitrogens with zero attached hydrogens (tertiary/aromatic N) is 3. The van der Waals surface area contributed by atoms with E-state index in [1.807, 2.05) is 6.07 Å². The second-order valence-corrected chi connectivity index (χ2v) is 6.49. The molecule has 0 unspecified atom stereocenters. The highest BCUT2D eigenvalue weighted by molar-refractivity contribution is 5.65. The Morgan fingerprint density at radius 2 is 1.77 bits per heavy atom. The molecule has 0 atom stereocenters. The highest BCUT2D eigenvalue weighted by Gasteiger charge is 2.36. The fraction of sp³-hybridized carbons (Fsp3) is 0.250. The smallest absolute Gasteiger partial charge is 0.416 e. The van der Waals surface area contributed by atoms with Crippen LogP contribution in [0.15, 0.2) is 42.5 Å². The van der Waals surface area contributed by atoms with Gasteiger partial charge in [0.15, 0.2) is 5.69 Å². The summed E-state index contributed by atoms with van der Waals surface area (Å²) in [6.07, 6.45) is -9.69. The van der Waals surface area contributed by atoms with Crippen molar-refractivity contribution in [3.05, 3.63) is 64.8 Å². The number of halogens is 6. The molecule has 0 fully saturated rings. The SMILES string of the molecule is N#Cc1[nH]nnc1-c1cccc(OCCCc2cc(C(F)(F)F)ccc2C(F)(F)F)c1. The van der Waals surface area contributed by atoms with Crippen molar-refractivity contribution >= 4 is 0 Å². The van der Waals surface area contributed by atoms with E-state index in [9.17, 15) is 26.3 Å². The summed E-state index contributed by atoms with van der Waals surface area (Å²) >= 11 is 0. The molecule has 3 aromatic rings. The average molecular weight is 440 g/mol. The van der Waals surface area contributed by atoms with Gasteiger partial charge in [0.2, 0.25) is 0 Å². The summed E-state index contributed by atoms with van der Waals surface area (Å²) in [6.45, 7) is -0.0269. The van der Waals surface area contributed by atoms with Gasteiger partial charge < -0.3 is 4.74 Å². The summed E-state index contributed by atoms with van der Waals surface area (Å²) in [5, 5.41) is 18.8. The van der Waals surface area contributed by atoms with E-state index in [-0.39, 0.29) is 25.1 Å². The van der Waals surface area contributed by atoms with E-state index >= 15 is 0 Å². The molecular formula is C20H14F6N4O. The van der Waals surface area contributed by atoms with Crippen molar-refractivity contribution in [1.29, 1.82) is 5.26 Å². The molecule has 0 aliphatic rings. The summed E-state index contributed by atoms with van der Waals surface area (Å²) in [4.78, 5) is 0. The fourth-order valence-electron chi connectivity index (χ4n) is 2.95. The summed E-state index contributed by atoms with van der Waals surface area (Å²) in [6, 6.07) is 9.78. The fourth-order valence-corrected chi connectivity index (χ4v) is 2.95. The maximum absolute atomic E-state index is 13.1. The minimum atomic E-state index is -4.76. The van der Waals surface area contributed by atoms with Crippen LogP contribution in [0, 0.1) is 11.3 Å². The van der Waals surface area contributed by atoms with E-state index in [0.29, 0.717) is 35.2 Å². The maximum atomic E-state index is 13.1. The van der Waals surface area contributed by atoms with Crippen molar-refractivity contribution in [2.24, 2.45) is 0 Å². The number of hydrogen-bond donors (Lipinski definition) is 1. The topological polar surface area (TPSA) is 74.6 Å². The van der Waals surface area contributed by atoms with E-state index < -0.39 is 29.0 Å². The predicted octanol–water partition coefficient (Wildman–Crippen LogP) is 5.39. The number of rotatable bonds is 6. The lowest BCUT2D eigenvalue weighted by atomic mass is 9.99. The van der Waals surface area contributed by atoms with Crippen LogP contribution < -0.4 is 4.74 Å². The van der Waals surface area contributed by atoms with Crippen molar-refractivity contribution in [3.8, 4) is 23.1 Å². The molecule has 1 heterocycles. The number of alkyl halides is 6. The quantitative estimate of drug-likeness (QED) is 0.412. The Morgan fingerprint density at radius 3 is 2.45 bits per heavy atom. The number of H-pyrrole nitrogens is 1. The summed E-state index contributed by atoms with van der Waals surface area (Å²) < 4.78 is 83.6. The highest BCUT2D eigenvalue weighted by Crippen LogP contribution is 2.37. The van der Waals surface area contributed by atoms with Crippen molar-refractivity contribution < 1.29 is 31.1 Å². The van der Waals surface area contributed by atoms with Gasteiger partial charge in [-0.1, -0.05) is 17.3 Å². The van der Waals surface area contributed by atoms with Gasteiger partial charge in [-0.25, -0.2) is 5.10 Å². The van der Waals surface area contributed by atoms with E-state index in [1.54, 1.807) is 24.3 Å². The van der Waals surface area contributed by atoms with Crippen molar-refractivity contribution in [2.75, 3.05) is 6.61 Å². The first-order valence-corrected chi connectivity index (χ1v) is 8.91. The Bertz CT molecular complexity index is 1100. The van der Waals surface area contributed by atoms with E-state index in [4.69, 9.17) is 10.00 Å². The Hall–Kier alpha value is -3.55. The highest BCUT2D eigenvalue weighted by atomic mass is 19.4. The Morgan fingerprint density at radius 1 is 1.00 bits per heavy atom. The molecule has 2 aromatic carbocycles. The van der Waals surface area contributed by atoms with Crippen LogP contribution in [-0.4, -0.2) is 22.0 Å². The number of aryl methyl sites for hydroxylation is 1. The molecule has 11 heteroatoms. The average Bonchev–Trinajstić information content (AvgIpc) is 3.19. The molecule has 0 aliphatic carbocycles. The number of aromatic amines is 1. The first kappa shape index (κ1) is 22.1. The van der Waals surface area contributed by atoms with E-state index in [0.717, 1.165) is 0 Å². The summed E-state index contributed by atoms with van der Waals surface area (Å²) in [7, 11) is 0. The second-order valence-electron chi connectivity index (χ2n) is 6.49. The van der Waals surface area contributed by atoms with Gasteiger partial charge in [0.05, 0.1) is 17.7 Å². The third-order valence-corrected chi connectivity index (χ3v) is 4.37. The van der Waals surface area contributed by atoms with Gasteiger partial charge >= 0.3 is 12.4 Å². The lowest BCUT2D eigenvalue weighted by Crippen LogP contribution is -2.13. The van der Waals surface area contributed by atoms with Crippen molar-refractivity contribution in [2.45, 2.75) is 25.2 Å².